The molecule has 0 bridgehead atoms. The Labute approximate surface area is 90.0 Å². The van der Waals surface area contributed by atoms with Crippen LogP contribution in [0, 0.1) is 0 Å². The van der Waals surface area contributed by atoms with Crippen molar-refractivity contribution in [1.82, 2.24) is 9.55 Å². The van der Waals surface area contributed by atoms with Crippen molar-refractivity contribution in [2.75, 3.05) is 0 Å². The summed E-state index contributed by atoms with van der Waals surface area (Å²) in [5.74, 6) is 0.0340. The normalized spacial score (nSPS) is 15.5. The SMILES string of the molecule is O=c1[nH]c2cc(O)ccc2c(=O)n1C1CC1. The van der Waals surface area contributed by atoms with Gasteiger partial charge in [-0.1, -0.05) is 0 Å². The van der Waals surface area contributed by atoms with Gasteiger partial charge >= 0.3 is 5.69 Å². The lowest BCUT2D eigenvalue weighted by atomic mass is 10.2. The van der Waals surface area contributed by atoms with Crippen LogP contribution in [0.5, 0.6) is 5.75 Å². The highest BCUT2D eigenvalue weighted by molar-refractivity contribution is 5.78. The van der Waals surface area contributed by atoms with Gasteiger partial charge in [-0.25, -0.2) is 4.79 Å². The number of aromatic hydroxyl groups is 1. The van der Waals surface area contributed by atoms with Crippen molar-refractivity contribution >= 4 is 10.9 Å². The van der Waals surface area contributed by atoms with Crippen LogP contribution < -0.4 is 11.2 Å². The van der Waals surface area contributed by atoms with Crippen LogP contribution in [-0.4, -0.2) is 14.7 Å². The van der Waals surface area contributed by atoms with Gasteiger partial charge in [-0.2, -0.15) is 0 Å². The van der Waals surface area contributed by atoms with E-state index in [1.807, 2.05) is 0 Å². The van der Waals surface area contributed by atoms with E-state index in [-0.39, 0.29) is 17.4 Å². The van der Waals surface area contributed by atoms with E-state index in [0.29, 0.717) is 10.9 Å². The van der Waals surface area contributed by atoms with Crippen LogP contribution in [0.15, 0.2) is 27.8 Å². The third-order valence-electron chi connectivity index (χ3n) is 2.82. The Morgan fingerprint density at radius 1 is 1.31 bits per heavy atom. The Hall–Kier alpha value is -2.04. The predicted octanol–water partition coefficient (Wildman–Crippen LogP) is 0.730. The molecule has 0 amide bonds. The van der Waals surface area contributed by atoms with E-state index in [1.165, 1.54) is 22.8 Å². The van der Waals surface area contributed by atoms with Gasteiger partial charge in [0.05, 0.1) is 10.9 Å². The van der Waals surface area contributed by atoms with Gasteiger partial charge in [0.15, 0.2) is 0 Å². The first-order valence-electron chi connectivity index (χ1n) is 5.14. The van der Waals surface area contributed by atoms with Gasteiger partial charge in [0.25, 0.3) is 5.56 Å². The average molecular weight is 218 g/mol. The number of rotatable bonds is 1. The van der Waals surface area contributed by atoms with Crippen LogP contribution in [0.2, 0.25) is 0 Å². The van der Waals surface area contributed by atoms with Crippen LogP contribution in [0.4, 0.5) is 0 Å². The van der Waals surface area contributed by atoms with Crippen molar-refractivity contribution in [1.29, 1.82) is 0 Å². The van der Waals surface area contributed by atoms with Gasteiger partial charge in [0.2, 0.25) is 0 Å². The minimum atomic E-state index is -0.398. The van der Waals surface area contributed by atoms with E-state index in [1.54, 1.807) is 0 Å². The minimum absolute atomic E-state index is 0.0340. The van der Waals surface area contributed by atoms with Crippen molar-refractivity contribution in [3.63, 3.8) is 0 Å². The zero-order valence-electron chi connectivity index (χ0n) is 8.43. The number of hydrogen-bond acceptors (Lipinski definition) is 3. The highest BCUT2D eigenvalue weighted by atomic mass is 16.3. The summed E-state index contributed by atoms with van der Waals surface area (Å²) in [6.45, 7) is 0. The van der Waals surface area contributed by atoms with Crippen molar-refractivity contribution in [3.8, 4) is 5.75 Å². The molecule has 1 aliphatic carbocycles. The first-order chi connectivity index (χ1) is 7.66. The molecular weight excluding hydrogens is 208 g/mol. The maximum Gasteiger partial charge on any atom is 0.329 e. The van der Waals surface area contributed by atoms with Crippen LogP contribution >= 0.6 is 0 Å². The molecule has 1 aromatic heterocycles. The molecule has 5 nitrogen and oxygen atoms in total. The number of nitrogens with zero attached hydrogens (tertiary/aromatic N) is 1. The quantitative estimate of drug-likeness (QED) is 0.740. The molecule has 1 aliphatic rings. The van der Waals surface area contributed by atoms with Crippen molar-refractivity contribution in [3.05, 3.63) is 39.0 Å². The number of phenolic OH excluding ortho intramolecular Hbond substituents is 1. The molecule has 0 saturated heterocycles. The summed E-state index contributed by atoms with van der Waals surface area (Å²) in [5, 5.41) is 9.71. The highest BCUT2D eigenvalue weighted by Crippen LogP contribution is 2.32. The summed E-state index contributed by atoms with van der Waals surface area (Å²) < 4.78 is 1.26. The molecule has 0 atom stereocenters. The monoisotopic (exact) mass is 218 g/mol. The fourth-order valence-electron chi connectivity index (χ4n) is 1.88. The molecule has 2 N–H and O–H groups in total. The molecule has 1 fully saturated rings. The molecule has 1 saturated carbocycles. The summed E-state index contributed by atoms with van der Waals surface area (Å²) in [6, 6.07) is 4.41. The molecule has 5 heteroatoms. The van der Waals surface area contributed by atoms with Crippen LogP contribution in [0.1, 0.15) is 18.9 Å². The standard InChI is InChI=1S/C11H10N2O3/c14-7-3-4-8-9(5-7)12-11(16)13(10(8)15)6-1-2-6/h3-6,14H,1-2H2,(H,12,16). The summed E-state index contributed by atoms with van der Waals surface area (Å²) in [7, 11) is 0. The van der Waals surface area contributed by atoms with Gasteiger partial charge in [0.1, 0.15) is 5.75 Å². The Bertz CT molecular complexity index is 680. The molecule has 0 aliphatic heterocycles. The summed E-state index contributed by atoms with van der Waals surface area (Å²) in [5.41, 5.74) is -0.293. The highest BCUT2D eigenvalue weighted by Gasteiger charge is 2.27. The minimum Gasteiger partial charge on any atom is -0.508 e. The molecule has 1 aromatic carbocycles. The van der Waals surface area contributed by atoms with E-state index in [4.69, 9.17) is 0 Å². The molecule has 0 spiro atoms. The number of hydrogen-bond donors (Lipinski definition) is 2. The Morgan fingerprint density at radius 3 is 2.75 bits per heavy atom. The molecule has 2 aromatic rings. The number of aromatic amines is 1. The van der Waals surface area contributed by atoms with Crippen LogP contribution in [-0.2, 0) is 0 Å². The van der Waals surface area contributed by atoms with E-state index in [2.05, 4.69) is 4.98 Å². The lowest BCUT2D eigenvalue weighted by Crippen LogP contribution is -2.34. The molecule has 82 valence electrons. The number of aromatic nitrogens is 2. The number of benzene rings is 1. The topological polar surface area (TPSA) is 75.1 Å². The second-order valence-corrected chi connectivity index (χ2v) is 4.07. The smallest absolute Gasteiger partial charge is 0.329 e. The van der Waals surface area contributed by atoms with Crippen LogP contribution in [0.25, 0.3) is 10.9 Å². The fourth-order valence-corrected chi connectivity index (χ4v) is 1.88. The largest absolute Gasteiger partial charge is 0.508 e. The Morgan fingerprint density at radius 2 is 2.06 bits per heavy atom. The average Bonchev–Trinajstić information content (AvgIpc) is 3.01. The molecule has 1 heterocycles. The van der Waals surface area contributed by atoms with E-state index < -0.39 is 5.69 Å². The van der Waals surface area contributed by atoms with Crippen molar-refractivity contribution in [2.45, 2.75) is 18.9 Å². The lowest BCUT2D eigenvalue weighted by Gasteiger charge is -2.04. The first-order valence-corrected chi connectivity index (χ1v) is 5.14. The van der Waals surface area contributed by atoms with Gasteiger partial charge < -0.3 is 10.1 Å². The maximum absolute atomic E-state index is 12.0. The number of fused-ring (bicyclic) bond motifs is 1. The first kappa shape index (κ1) is 9.21. The zero-order valence-corrected chi connectivity index (χ0v) is 8.43. The van der Waals surface area contributed by atoms with Gasteiger partial charge in [-0.15, -0.1) is 0 Å². The van der Waals surface area contributed by atoms with Gasteiger partial charge in [-0.05, 0) is 25.0 Å². The molecule has 3 rings (SSSR count). The Balaban J connectivity index is 2.43. The van der Waals surface area contributed by atoms with E-state index in [9.17, 15) is 14.7 Å². The summed E-state index contributed by atoms with van der Waals surface area (Å²) >= 11 is 0. The third-order valence-corrected chi connectivity index (χ3v) is 2.82. The van der Waals surface area contributed by atoms with Gasteiger partial charge in [0, 0.05) is 12.1 Å². The van der Waals surface area contributed by atoms with Crippen LogP contribution in [0.3, 0.4) is 0 Å². The summed E-state index contributed by atoms with van der Waals surface area (Å²) in [4.78, 5) is 26.3. The molecule has 0 radical (unpaired) electrons. The van der Waals surface area contributed by atoms with Gasteiger partial charge in [-0.3, -0.25) is 9.36 Å². The van der Waals surface area contributed by atoms with Crippen molar-refractivity contribution in [2.24, 2.45) is 0 Å². The van der Waals surface area contributed by atoms with E-state index in [0.717, 1.165) is 12.8 Å². The second-order valence-electron chi connectivity index (χ2n) is 4.07. The summed E-state index contributed by atoms with van der Waals surface area (Å²) in [6.07, 6.45) is 1.76. The second kappa shape index (κ2) is 2.98. The molecule has 16 heavy (non-hydrogen) atoms. The molecule has 0 unspecified atom stereocenters. The van der Waals surface area contributed by atoms with E-state index >= 15 is 0 Å². The fraction of sp³-hybridized carbons (Fsp3) is 0.273. The Kier molecular flexibility index (Phi) is 1.71. The lowest BCUT2D eigenvalue weighted by molar-refractivity contribution is 0.476. The predicted molar refractivity (Wildman–Crippen MR) is 58.8 cm³/mol. The molecular formula is C11H10N2O3. The number of H-pyrrole nitrogens is 1. The van der Waals surface area contributed by atoms with Crippen molar-refractivity contribution < 1.29 is 5.11 Å². The maximum atomic E-state index is 12.0. The number of nitrogens with one attached hydrogen (secondary N) is 1. The third kappa shape index (κ3) is 1.25. The zero-order chi connectivity index (χ0) is 11.3. The number of phenols is 1.